The van der Waals surface area contributed by atoms with Crippen molar-refractivity contribution in [2.75, 3.05) is 13.2 Å². The van der Waals surface area contributed by atoms with Crippen molar-refractivity contribution in [2.24, 2.45) is 5.92 Å². The van der Waals surface area contributed by atoms with E-state index in [0.717, 1.165) is 24.2 Å². The number of carbonyl (C=O) groups is 1. The number of rotatable bonds is 8. The molecule has 0 aliphatic carbocycles. The Morgan fingerprint density at radius 3 is 2.10 bits per heavy atom. The molecule has 1 saturated heterocycles. The van der Waals surface area contributed by atoms with Crippen LogP contribution < -0.4 is 4.74 Å². The van der Waals surface area contributed by atoms with Crippen LogP contribution in [0.5, 0.6) is 5.75 Å². The minimum absolute atomic E-state index is 0.178. The van der Waals surface area contributed by atoms with Crippen LogP contribution in [0, 0.1) is 5.92 Å². The smallest absolute Gasteiger partial charge is 0.311 e. The number of carbonyl (C=O) groups excluding carboxylic acids is 1. The Labute approximate surface area is 185 Å². The molecule has 5 nitrogen and oxygen atoms in total. The van der Waals surface area contributed by atoms with E-state index in [0.29, 0.717) is 6.42 Å². The van der Waals surface area contributed by atoms with E-state index in [1.165, 1.54) is 16.2 Å². The summed E-state index contributed by atoms with van der Waals surface area (Å²) < 4.78 is 11.2. The highest BCUT2D eigenvalue weighted by Crippen LogP contribution is 2.43. The zero-order chi connectivity index (χ0) is 22.6. The first kappa shape index (κ1) is 23.3. The van der Waals surface area contributed by atoms with Crippen molar-refractivity contribution in [1.29, 1.82) is 0 Å². The van der Waals surface area contributed by atoms with E-state index in [4.69, 9.17) is 9.47 Å². The Hall–Kier alpha value is -2.37. The highest BCUT2D eigenvalue weighted by atomic mass is 16.6. The second-order valence-corrected chi connectivity index (χ2v) is 9.52. The van der Waals surface area contributed by atoms with Gasteiger partial charge in [0, 0.05) is 5.54 Å². The lowest BCUT2D eigenvalue weighted by Gasteiger charge is -2.35. The lowest BCUT2D eigenvalue weighted by molar-refractivity contribution is -0.200. The Balaban J connectivity index is 1.47. The third-order valence-electron chi connectivity index (χ3n) is 6.24. The number of ether oxygens (including phenoxy) is 2. The van der Waals surface area contributed by atoms with Crippen molar-refractivity contribution in [3.05, 3.63) is 54.1 Å². The van der Waals surface area contributed by atoms with Gasteiger partial charge in [-0.2, -0.15) is 5.06 Å². The van der Waals surface area contributed by atoms with E-state index >= 15 is 0 Å². The van der Waals surface area contributed by atoms with Crippen molar-refractivity contribution >= 4 is 5.97 Å². The molecule has 0 aromatic heterocycles. The molecule has 1 aliphatic heterocycles. The van der Waals surface area contributed by atoms with Crippen LogP contribution in [0.4, 0.5) is 0 Å². The number of esters is 1. The fourth-order valence-corrected chi connectivity index (χ4v) is 4.43. The number of hydroxylamine groups is 2. The molecule has 0 amide bonds. The lowest BCUT2D eigenvalue weighted by atomic mass is 9.87. The van der Waals surface area contributed by atoms with Crippen molar-refractivity contribution < 1.29 is 19.5 Å². The molecule has 3 rings (SSSR count). The van der Waals surface area contributed by atoms with Gasteiger partial charge in [-0.25, -0.2) is 0 Å². The maximum Gasteiger partial charge on any atom is 0.311 e. The third kappa shape index (κ3) is 5.28. The molecule has 0 saturated carbocycles. The zero-order valence-electron chi connectivity index (χ0n) is 19.4. The second-order valence-electron chi connectivity index (χ2n) is 9.52. The molecule has 2 aromatic carbocycles. The molecule has 0 radical (unpaired) electrons. The minimum atomic E-state index is -0.661. The van der Waals surface area contributed by atoms with Crippen LogP contribution in [-0.4, -0.2) is 40.5 Å². The van der Waals surface area contributed by atoms with Crippen LogP contribution >= 0.6 is 0 Å². The summed E-state index contributed by atoms with van der Waals surface area (Å²) in [5.41, 5.74) is 2.56. The van der Waals surface area contributed by atoms with Gasteiger partial charge in [0.2, 0.25) is 0 Å². The average molecular weight is 426 g/mol. The summed E-state index contributed by atoms with van der Waals surface area (Å²) in [4.78, 5) is 12.6. The van der Waals surface area contributed by atoms with Gasteiger partial charge in [-0.15, -0.1) is 0 Å². The minimum Gasteiger partial charge on any atom is -0.490 e. The van der Waals surface area contributed by atoms with Crippen molar-refractivity contribution in [2.45, 2.75) is 65.0 Å². The fourth-order valence-electron chi connectivity index (χ4n) is 4.43. The molecule has 1 N–H and O–H groups in total. The summed E-state index contributed by atoms with van der Waals surface area (Å²) in [6, 6.07) is 16.6. The molecule has 0 spiro atoms. The Morgan fingerprint density at radius 1 is 1.00 bits per heavy atom. The molecule has 5 heteroatoms. The first-order valence-electron chi connectivity index (χ1n) is 11.1. The lowest BCUT2D eigenvalue weighted by Crippen LogP contribution is -2.48. The SMILES string of the molecule is CCCc1ccc(-c2ccc(OCCOC(=O)C3CC(C)(C)N(O)C3(C)C)cc2)cc1. The van der Waals surface area contributed by atoms with Gasteiger partial charge >= 0.3 is 5.97 Å². The molecule has 0 bridgehead atoms. The maximum atomic E-state index is 12.6. The fraction of sp³-hybridized carbons (Fsp3) is 0.500. The van der Waals surface area contributed by atoms with Crippen molar-refractivity contribution in [3.8, 4) is 16.9 Å². The van der Waals surface area contributed by atoms with Crippen LogP contribution in [-0.2, 0) is 16.0 Å². The van der Waals surface area contributed by atoms with Gasteiger partial charge in [-0.3, -0.25) is 4.79 Å². The molecular formula is C26H35NO4. The number of aryl methyl sites for hydroxylation is 1. The summed E-state index contributed by atoms with van der Waals surface area (Å²) in [6.45, 7) is 10.2. The van der Waals surface area contributed by atoms with E-state index in [-0.39, 0.29) is 25.1 Å². The van der Waals surface area contributed by atoms with Crippen LogP contribution in [0.25, 0.3) is 11.1 Å². The standard InChI is InChI=1S/C26H35NO4/c1-6-7-19-8-10-20(11-9-19)21-12-14-22(15-13-21)30-16-17-31-24(28)23-18-25(2,3)27(29)26(23,4)5/h8-15,23,29H,6-7,16-18H2,1-5H3. The van der Waals surface area contributed by atoms with Gasteiger partial charge in [0.1, 0.15) is 19.0 Å². The molecule has 1 heterocycles. The summed E-state index contributed by atoms with van der Waals surface area (Å²) in [5, 5.41) is 11.6. The summed E-state index contributed by atoms with van der Waals surface area (Å²) in [7, 11) is 0. The Bertz CT molecular complexity index is 871. The number of benzene rings is 2. The van der Waals surface area contributed by atoms with Crippen LogP contribution in [0.1, 0.15) is 53.0 Å². The molecular weight excluding hydrogens is 390 g/mol. The molecule has 1 unspecified atom stereocenters. The van der Waals surface area contributed by atoms with Gasteiger partial charge in [-0.1, -0.05) is 49.7 Å². The number of hydrogen-bond acceptors (Lipinski definition) is 5. The first-order chi connectivity index (χ1) is 14.6. The Morgan fingerprint density at radius 2 is 1.58 bits per heavy atom. The summed E-state index contributed by atoms with van der Waals surface area (Å²) in [6.07, 6.45) is 2.81. The topological polar surface area (TPSA) is 59.0 Å². The maximum absolute atomic E-state index is 12.6. The molecule has 1 fully saturated rings. The van der Waals surface area contributed by atoms with Crippen LogP contribution in [0.15, 0.2) is 48.5 Å². The monoisotopic (exact) mass is 425 g/mol. The number of hydrogen-bond donors (Lipinski definition) is 1. The molecule has 2 aromatic rings. The van der Waals surface area contributed by atoms with Crippen LogP contribution in [0.3, 0.4) is 0 Å². The molecule has 1 atom stereocenters. The normalized spacial score (nSPS) is 19.9. The van der Waals surface area contributed by atoms with Crippen LogP contribution in [0.2, 0.25) is 0 Å². The van der Waals surface area contributed by atoms with E-state index in [1.54, 1.807) is 0 Å². The zero-order valence-corrected chi connectivity index (χ0v) is 19.4. The molecule has 31 heavy (non-hydrogen) atoms. The van der Waals surface area contributed by atoms with E-state index in [1.807, 2.05) is 52.0 Å². The highest BCUT2D eigenvalue weighted by Gasteiger charge is 2.54. The van der Waals surface area contributed by atoms with Gasteiger partial charge in [0.15, 0.2) is 0 Å². The predicted octanol–water partition coefficient (Wildman–Crippen LogP) is 5.50. The van der Waals surface area contributed by atoms with Crippen molar-refractivity contribution in [1.82, 2.24) is 5.06 Å². The highest BCUT2D eigenvalue weighted by molar-refractivity contribution is 5.74. The van der Waals surface area contributed by atoms with Gasteiger partial charge in [0.05, 0.1) is 11.5 Å². The largest absolute Gasteiger partial charge is 0.490 e. The summed E-state index contributed by atoms with van der Waals surface area (Å²) >= 11 is 0. The van der Waals surface area contributed by atoms with Gasteiger partial charge < -0.3 is 14.7 Å². The Kier molecular flexibility index (Phi) is 7.07. The second kappa shape index (κ2) is 9.41. The number of nitrogens with zero attached hydrogens (tertiary/aromatic N) is 1. The van der Waals surface area contributed by atoms with Gasteiger partial charge in [-0.05, 0) is 69.4 Å². The van der Waals surface area contributed by atoms with E-state index in [2.05, 4.69) is 31.2 Å². The average Bonchev–Trinajstić information content (AvgIpc) is 2.91. The third-order valence-corrected chi connectivity index (χ3v) is 6.24. The molecule has 1 aliphatic rings. The molecule has 168 valence electrons. The quantitative estimate of drug-likeness (QED) is 0.447. The van der Waals surface area contributed by atoms with Gasteiger partial charge in [0.25, 0.3) is 0 Å². The van der Waals surface area contributed by atoms with E-state index in [9.17, 15) is 10.0 Å². The predicted molar refractivity (Wildman–Crippen MR) is 122 cm³/mol. The summed E-state index contributed by atoms with van der Waals surface area (Å²) in [5.74, 6) is 0.0712. The first-order valence-corrected chi connectivity index (χ1v) is 11.1. The van der Waals surface area contributed by atoms with E-state index < -0.39 is 11.1 Å². The van der Waals surface area contributed by atoms with Crippen molar-refractivity contribution in [3.63, 3.8) is 0 Å².